The van der Waals surface area contributed by atoms with Gasteiger partial charge >= 0.3 is 0 Å². The van der Waals surface area contributed by atoms with Crippen LogP contribution in [0.5, 0.6) is 5.75 Å². The highest BCUT2D eigenvalue weighted by molar-refractivity contribution is 9.10. The summed E-state index contributed by atoms with van der Waals surface area (Å²) in [6.07, 6.45) is 0.960. The van der Waals surface area contributed by atoms with Crippen LogP contribution in [-0.4, -0.2) is 13.3 Å². The van der Waals surface area contributed by atoms with Crippen molar-refractivity contribution in [1.82, 2.24) is 0 Å². The minimum atomic E-state index is -0.660. The minimum Gasteiger partial charge on any atom is -0.494 e. The molecule has 2 aromatic rings. The molecule has 4 N–H and O–H groups in total. The fourth-order valence-corrected chi connectivity index (χ4v) is 2.19. The SMILES string of the molecule is COc1cc(Nc2cc(C=N)c(N)c(F)c2Br)ccc1F. The van der Waals surface area contributed by atoms with Crippen molar-refractivity contribution in [3.05, 3.63) is 45.9 Å². The Hall–Kier alpha value is -2.15. The lowest BCUT2D eigenvalue weighted by Gasteiger charge is -2.13. The molecule has 4 nitrogen and oxygen atoms in total. The zero-order valence-corrected chi connectivity index (χ0v) is 12.6. The maximum Gasteiger partial charge on any atom is 0.165 e. The number of halogens is 3. The van der Waals surface area contributed by atoms with E-state index in [9.17, 15) is 8.78 Å². The summed E-state index contributed by atoms with van der Waals surface area (Å²) in [5, 5.41) is 10.2. The number of ether oxygens (including phenoxy) is 1. The molecule has 0 saturated heterocycles. The smallest absolute Gasteiger partial charge is 0.165 e. The van der Waals surface area contributed by atoms with Gasteiger partial charge in [-0.3, -0.25) is 0 Å². The van der Waals surface area contributed by atoms with Gasteiger partial charge in [0.1, 0.15) is 0 Å². The summed E-state index contributed by atoms with van der Waals surface area (Å²) in [5.74, 6) is -1.09. The molecule has 2 aromatic carbocycles. The van der Waals surface area contributed by atoms with Crippen molar-refractivity contribution in [3.63, 3.8) is 0 Å². The Kier molecular flexibility index (Phi) is 4.42. The third-order valence-corrected chi connectivity index (χ3v) is 3.64. The van der Waals surface area contributed by atoms with Gasteiger partial charge in [-0.1, -0.05) is 0 Å². The number of methoxy groups -OCH3 is 1. The average molecular weight is 356 g/mol. The van der Waals surface area contributed by atoms with E-state index in [-0.39, 0.29) is 21.5 Å². The van der Waals surface area contributed by atoms with Crippen molar-refractivity contribution < 1.29 is 13.5 Å². The van der Waals surface area contributed by atoms with E-state index in [4.69, 9.17) is 15.9 Å². The Morgan fingerprint density at radius 2 is 2.05 bits per heavy atom. The Morgan fingerprint density at radius 1 is 1.33 bits per heavy atom. The van der Waals surface area contributed by atoms with Gasteiger partial charge in [-0.05, 0) is 34.1 Å². The van der Waals surface area contributed by atoms with Crippen LogP contribution >= 0.6 is 15.9 Å². The molecule has 0 unspecified atom stereocenters. The van der Waals surface area contributed by atoms with Crippen LogP contribution in [0.1, 0.15) is 5.56 Å². The van der Waals surface area contributed by atoms with Crippen LogP contribution < -0.4 is 15.8 Å². The van der Waals surface area contributed by atoms with E-state index in [0.717, 1.165) is 6.21 Å². The summed E-state index contributed by atoms with van der Waals surface area (Å²) in [5.41, 5.74) is 6.58. The molecule has 110 valence electrons. The molecule has 2 rings (SSSR count). The van der Waals surface area contributed by atoms with Gasteiger partial charge in [0, 0.05) is 23.5 Å². The number of benzene rings is 2. The molecule has 0 aliphatic rings. The molecule has 0 spiro atoms. The average Bonchev–Trinajstić information content (AvgIpc) is 2.49. The molecule has 0 heterocycles. The second-order valence-electron chi connectivity index (χ2n) is 4.17. The first kappa shape index (κ1) is 15.2. The predicted octanol–water partition coefficient (Wildman–Crippen LogP) is 4.06. The summed E-state index contributed by atoms with van der Waals surface area (Å²) in [7, 11) is 1.36. The molecule has 7 heteroatoms. The number of nitrogen functional groups attached to an aromatic ring is 1. The molecule has 0 saturated carbocycles. The van der Waals surface area contributed by atoms with E-state index in [2.05, 4.69) is 21.2 Å². The van der Waals surface area contributed by atoms with E-state index in [1.165, 1.54) is 31.4 Å². The monoisotopic (exact) mass is 355 g/mol. The zero-order valence-electron chi connectivity index (χ0n) is 11.0. The van der Waals surface area contributed by atoms with Gasteiger partial charge in [-0.25, -0.2) is 8.78 Å². The van der Waals surface area contributed by atoms with Gasteiger partial charge < -0.3 is 21.2 Å². The molecule has 0 radical (unpaired) electrons. The zero-order chi connectivity index (χ0) is 15.6. The lowest BCUT2D eigenvalue weighted by Crippen LogP contribution is -2.02. The standard InChI is InChI=1S/C14H12BrF2N3O/c1-21-11-5-8(2-3-9(11)16)20-10-4-7(6-18)14(19)13(17)12(10)15/h2-6,18,20H,19H2,1H3. The lowest BCUT2D eigenvalue weighted by atomic mass is 10.1. The molecular formula is C14H12BrF2N3O. The highest BCUT2D eigenvalue weighted by Gasteiger charge is 2.14. The third-order valence-electron chi connectivity index (χ3n) is 2.86. The molecule has 0 fully saturated rings. The van der Waals surface area contributed by atoms with Gasteiger partial charge in [0.25, 0.3) is 0 Å². The fraction of sp³-hybridized carbons (Fsp3) is 0.0714. The van der Waals surface area contributed by atoms with E-state index in [1.54, 1.807) is 0 Å². The van der Waals surface area contributed by atoms with Crippen molar-refractivity contribution in [2.45, 2.75) is 0 Å². The summed E-state index contributed by atoms with van der Waals surface area (Å²) < 4.78 is 32.3. The number of anilines is 3. The van der Waals surface area contributed by atoms with Gasteiger partial charge in [0.05, 0.1) is 23.0 Å². The number of hydrogen-bond donors (Lipinski definition) is 3. The Balaban J connectivity index is 2.44. The molecule has 0 atom stereocenters. The van der Waals surface area contributed by atoms with E-state index in [0.29, 0.717) is 11.4 Å². The van der Waals surface area contributed by atoms with Crippen LogP contribution in [0.2, 0.25) is 0 Å². The van der Waals surface area contributed by atoms with Crippen LogP contribution in [-0.2, 0) is 0 Å². The van der Waals surface area contributed by atoms with Crippen molar-refractivity contribution in [2.75, 3.05) is 18.2 Å². The van der Waals surface area contributed by atoms with E-state index < -0.39 is 11.6 Å². The predicted molar refractivity (Wildman–Crippen MR) is 82.6 cm³/mol. The van der Waals surface area contributed by atoms with Gasteiger partial charge in [0.2, 0.25) is 0 Å². The first-order valence-corrected chi connectivity index (χ1v) is 6.65. The second-order valence-corrected chi connectivity index (χ2v) is 4.97. The Labute approximate surface area is 128 Å². The highest BCUT2D eigenvalue weighted by Crippen LogP contribution is 2.34. The lowest BCUT2D eigenvalue weighted by molar-refractivity contribution is 0.387. The Bertz CT molecular complexity index is 707. The fourth-order valence-electron chi connectivity index (χ4n) is 1.76. The molecule has 0 amide bonds. The second kappa shape index (κ2) is 6.09. The molecule has 0 aromatic heterocycles. The van der Waals surface area contributed by atoms with Crippen molar-refractivity contribution in [1.29, 1.82) is 5.41 Å². The van der Waals surface area contributed by atoms with Crippen LogP contribution in [0.3, 0.4) is 0 Å². The summed E-state index contributed by atoms with van der Waals surface area (Å²) >= 11 is 3.10. The van der Waals surface area contributed by atoms with Gasteiger partial charge in [-0.2, -0.15) is 0 Å². The van der Waals surface area contributed by atoms with E-state index >= 15 is 0 Å². The molecule has 0 bridgehead atoms. The van der Waals surface area contributed by atoms with E-state index in [1.807, 2.05) is 0 Å². The Morgan fingerprint density at radius 3 is 2.67 bits per heavy atom. The summed E-state index contributed by atoms with van der Waals surface area (Å²) in [4.78, 5) is 0. The van der Waals surface area contributed by atoms with Crippen LogP contribution in [0.15, 0.2) is 28.7 Å². The van der Waals surface area contributed by atoms with Crippen LogP contribution in [0, 0.1) is 17.0 Å². The quantitative estimate of drug-likeness (QED) is 0.572. The van der Waals surface area contributed by atoms with Crippen molar-refractivity contribution >= 4 is 39.2 Å². The minimum absolute atomic E-state index is 0.0688. The van der Waals surface area contributed by atoms with Crippen molar-refractivity contribution in [2.24, 2.45) is 0 Å². The summed E-state index contributed by atoms with van der Waals surface area (Å²) in [6, 6.07) is 5.69. The number of rotatable bonds is 4. The van der Waals surface area contributed by atoms with Crippen molar-refractivity contribution in [3.8, 4) is 5.75 Å². The van der Waals surface area contributed by atoms with Crippen LogP contribution in [0.4, 0.5) is 25.8 Å². The number of nitrogens with one attached hydrogen (secondary N) is 2. The molecular weight excluding hydrogens is 344 g/mol. The molecule has 21 heavy (non-hydrogen) atoms. The first-order chi connectivity index (χ1) is 9.97. The number of hydrogen-bond acceptors (Lipinski definition) is 4. The van der Waals surface area contributed by atoms with Gasteiger partial charge in [-0.15, -0.1) is 0 Å². The first-order valence-electron chi connectivity index (χ1n) is 5.86. The normalized spacial score (nSPS) is 10.3. The summed E-state index contributed by atoms with van der Waals surface area (Å²) in [6.45, 7) is 0. The topological polar surface area (TPSA) is 71.1 Å². The third kappa shape index (κ3) is 2.97. The largest absolute Gasteiger partial charge is 0.494 e. The number of nitrogens with two attached hydrogens (primary N) is 1. The molecule has 0 aliphatic heterocycles. The van der Waals surface area contributed by atoms with Gasteiger partial charge in [0.15, 0.2) is 17.4 Å². The molecule has 0 aliphatic carbocycles. The maximum absolute atomic E-state index is 14.0. The maximum atomic E-state index is 14.0. The van der Waals surface area contributed by atoms with Crippen LogP contribution in [0.25, 0.3) is 0 Å². The highest BCUT2D eigenvalue weighted by atomic mass is 79.9.